The lowest BCUT2D eigenvalue weighted by Crippen LogP contribution is -2.08. The van der Waals surface area contributed by atoms with Gasteiger partial charge in [-0.2, -0.15) is 13.2 Å². The normalized spacial score (nSPS) is 11.2. The number of ether oxygens (including phenoxy) is 2. The number of carbonyl (C=O) groups excluding carboxylic acids is 1. The van der Waals surface area contributed by atoms with Crippen molar-refractivity contribution in [3.05, 3.63) is 52.8 Å². The minimum atomic E-state index is -4.57. The number of rotatable bonds is 5. The summed E-state index contributed by atoms with van der Waals surface area (Å²) in [5.41, 5.74) is -0.513. The Balaban J connectivity index is 2.10. The van der Waals surface area contributed by atoms with Crippen molar-refractivity contribution < 1.29 is 27.4 Å². The third-order valence-corrected chi connectivity index (χ3v) is 3.24. The molecule has 24 heavy (non-hydrogen) atoms. The van der Waals surface area contributed by atoms with Crippen LogP contribution in [0.1, 0.15) is 18.2 Å². The van der Waals surface area contributed by atoms with Crippen LogP contribution in [0.4, 0.5) is 13.2 Å². The van der Waals surface area contributed by atoms with Crippen molar-refractivity contribution in [2.24, 2.45) is 0 Å². The molecule has 0 saturated carbocycles. The van der Waals surface area contributed by atoms with E-state index in [0.29, 0.717) is 5.69 Å². The molecule has 0 spiro atoms. The number of hydrogen-bond acceptors (Lipinski definition) is 4. The Kier molecular flexibility index (Phi) is 5.66. The van der Waals surface area contributed by atoms with Crippen LogP contribution in [0.5, 0.6) is 11.5 Å². The number of alkyl halides is 3. The van der Waals surface area contributed by atoms with E-state index in [0.717, 1.165) is 12.1 Å². The molecule has 0 atom stereocenters. The molecule has 0 N–H and O–H groups in total. The van der Waals surface area contributed by atoms with Crippen molar-refractivity contribution in [1.29, 1.82) is 0 Å². The average Bonchev–Trinajstić information content (AvgIpc) is 2.50. The lowest BCUT2D eigenvalue weighted by atomic mass is 10.2. The van der Waals surface area contributed by atoms with Crippen molar-refractivity contribution >= 4 is 17.6 Å². The van der Waals surface area contributed by atoms with Crippen LogP contribution < -0.4 is 4.74 Å². The van der Waals surface area contributed by atoms with E-state index in [-0.39, 0.29) is 24.5 Å². The molecule has 0 bridgehead atoms. The molecule has 4 nitrogen and oxygen atoms in total. The maximum Gasteiger partial charge on any atom is 0.417 e. The first-order chi connectivity index (χ1) is 11.3. The standard InChI is InChI=1S/C16H13ClF3NO3/c1-2-23-15(22)7-10-3-4-12(9-21-10)24-11-5-6-14(17)13(8-11)16(18,19)20/h3-6,8-9H,2,7H2,1H3. The number of esters is 1. The van der Waals surface area contributed by atoms with Gasteiger partial charge >= 0.3 is 12.1 Å². The third kappa shape index (κ3) is 4.86. The SMILES string of the molecule is CCOC(=O)Cc1ccc(Oc2ccc(Cl)c(C(F)(F)F)c2)cn1. The van der Waals surface area contributed by atoms with Crippen LogP contribution in [0.25, 0.3) is 0 Å². The second kappa shape index (κ2) is 7.53. The smallest absolute Gasteiger partial charge is 0.417 e. The van der Waals surface area contributed by atoms with Gasteiger partial charge < -0.3 is 9.47 Å². The van der Waals surface area contributed by atoms with E-state index < -0.39 is 22.7 Å². The summed E-state index contributed by atoms with van der Waals surface area (Å²) < 4.78 is 48.6. The van der Waals surface area contributed by atoms with Crippen LogP contribution in [0, 0.1) is 0 Å². The Hall–Kier alpha value is -2.28. The van der Waals surface area contributed by atoms with Gasteiger partial charge in [0.2, 0.25) is 0 Å². The lowest BCUT2D eigenvalue weighted by Gasteiger charge is -2.11. The Morgan fingerprint density at radius 3 is 2.50 bits per heavy atom. The largest absolute Gasteiger partial charge is 0.466 e. The highest BCUT2D eigenvalue weighted by Crippen LogP contribution is 2.37. The van der Waals surface area contributed by atoms with Crippen LogP contribution in [0.15, 0.2) is 36.5 Å². The Morgan fingerprint density at radius 2 is 1.92 bits per heavy atom. The topological polar surface area (TPSA) is 48.4 Å². The molecule has 8 heteroatoms. The van der Waals surface area contributed by atoms with Crippen molar-refractivity contribution in [1.82, 2.24) is 4.98 Å². The Morgan fingerprint density at radius 1 is 1.21 bits per heavy atom. The molecule has 1 aromatic carbocycles. The predicted octanol–water partition coefficient (Wildman–Crippen LogP) is 4.65. The summed E-state index contributed by atoms with van der Waals surface area (Å²) >= 11 is 5.55. The fourth-order valence-corrected chi connectivity index (χ4v) is 2.08. The average molecular weight is 360 g/mol. The van der Waals surface area contributed by atoms with Crippen molar-refractivity contribution in [2.75, 3.05) is 6.61 Å². The summed E-state index contributed by atoms with van der Waals surface area (Å²) in [5.74, 6) is -0.198. The minimum Gasteiger partial charge on any atom is -0.466 e. The highest BCUT2D eigenvalue weighted by atomic mass is 35.5. The molecule has 1 aromatic heterocycles. The first-order valence-electron chi connectivity index (χ1n) is 6.94. The maximum atomic E-state index is 12.8. The fourth-order valence-electron chi connectivity index (χ4n) is 1.86. The molecule has 2 rings (SSSR count). The summed E-state index contributed by atoms with van der Waals surface area (Å²) in [5, 5.41) is -0.405. The number of aromatic nitrogens is 1. The summed E-state index contributed by atoms with van der Waals surface area (Å²) in [7, 11) is 0. The molecular formula is C16H13ClF3NO3. The summed E-state index contributed by atoms with van der Waals surface area (Å²) in [6, 6.07) is 6.29. The monoisotopic (exact) mass is 359 g/mol. The second-order valence-corrected chi connectivity index (χ2v) is 5.12. The number of halogens is 4. The maximum absolute atomic E-state index is 12.8. The van der Waals surface area contributed by atoms with Gasteiger partial charge in [-0.3, -0.25) is 9.78 Å². The predicted molar refractivity (Wildman–Crippen MR) is 81.1 cm³/mol. The second-order valence-electron chi connectivity index (χ2n) is 4.71. The zero-order valence-electron chi connectivity index (χ0n) is 12.6. The van der Waals surface area contributed by atoms with E-state index in [1.807, 2.05) is 0 Å². The summed E-state index contributed by atoms with van der Waals surface area (Å²) in [6.07, 6.45) is -3.25. The highest BCUT2D eigenvalue weighted by molar-refractivity contribution is 6.31. The van der Waals surface area contributed by atoms with Gasteiger partial charge in [-0.25, -0.2) is 0 Å². The van der Waals surface area contributed by atoms with Crippen molar-refractivity contribution in [3.63, 3.8) is 0 Å². The summed E-state index contributed by atoms with van der Waals surface area (Å²) in [4.78, 5) is 15.4. The van der Waals surface area contributed by atoms with Crippen LogP contribution in [-0.4, -0.2) is 17.6 Å². The minimum absolute atomic E-state index is 0.00723. The Labute approximate surface area is 141 Å². The van der Waals surface area contributed by atoms with E-state index in [1.54, 1.807) is 6.92 Å². The van der Waals surface area contributed by atoms with Gasteiger partial charge in [0.25, 0.3) is 0 Å². The zero-order valence-corrected chi connectivity index (χ0v) is 13.3. The number of pyridine rings is 1. The number of carbonyl (C=O) groups is 1. The molecule has 0 unspecified atom stereocenters. The lowest BCUT2D eigenvalue weighted by molar-refractivity contribution is -0.142. The van der Waals surface area contributed by atoms with E-state index in [4.69, 9.17) is 21.1 Å². The van der Waals surface area contributed by atoms with Gasteiger partial charge in [-0.1, -0.05) is 11.6 Å². The first kappa shape index (κ1) is 18.1. The number of hydrogen-bond donors (Lipinski definition) is 0. The van der Waals surface area contributed by atoms with Crippen LogP contribution in [0.2, 0.25) is 5.02 Å². The quantitative estimate of drug-likeness (QED) is 0.729. The molecule has 0 saturated heterocycles. The van der Waals surface area contributed by atoms with Crippen molar-refractivity contribution in [3.8, 4) is 11.5 Å². The van der Waals surface area contributed by atoms with E-state index in [9.17, 15) is 18.0 Å². The molecule has 1 heterocycles. The van der Waals surface area contributed by atoms with Gasteiger partial charge in [-0.15, -0.1) is 0 Å². The van der Waals surface area contributed by atoms with Gasteiger partial charge in [0.15, 0.2) is 0 Å². The zero-order chi connectivity index (χ0) is 17.7. The van der Waals surface area contributed by atoms with E-state index in [2.05, 4.69) is 4.98 Å². The molecule has 0 radical (unpaired) electrons. The van der Waals surface area contributed by atoms with Crippen LogP contribution in [-0.2, 0) is 22.1 Å². The first-order valence-corrected chi connectivity index (χ1v) is 7.32. The Bertz CT molecular complexity index is 717. The molecular weight excluding hydrogens is 347 g/mol. The van der Waals surface area contributed by atoms with E-state index in [1.165, 1.54) is 24.4 Å². The number of nitrogens with zero attached hydrogens (tertiary/aromatic N) is 1. The van der Waals surface area contributed by atoms with E-state index >= 15 is 0 Å². The van der Waals surface area contributed by atoms with Gasteiger partial charge in [0.1, 0.15) is 11.5 Å². The van der Waals surface area contributed by atoms with Gasteiger partial charge in [0.05, 0.1) is 35.5 Å². The summed E-state index contributed by atoms with van der Waals surface area (Å²) in [6.45, 7) is 1.97. The highest BCUT2D eigenvalue weighted by Gasteiger charge is 2.33. The molecule has 0 aliphatic carbocycles. The van der Waals surface area contributed by atoms with Crippen LogP contribution >= 0.6 is 11.6 Å². The number of benzene rings is 1. The van der Waals surface area contributed by atoms with Gasteiger partial charge in [0, 0.05) is 0 Å². The molecule has 0 aliphatic rings. The van der Waals surface area contributed by atoms with Gasteiger partial charge in [-0.05, 0) is 37.3 Å². The van der Waals surface area contributed by atoms with Crippen LogP contribution in [0.3, 0.4) is 0 Å². The molecule has 0 aliphatic heterocycles. The molecule has 0 amide bonds. The molecule has 128 valence electrons. The van der Waals surface area contributed by atoms with Crippen molar-refractivity contribution in [2.45, 2.75) is 19.5 Å². The molecule has 2 aromatic rings. The third-order valence-electron chi connectivity index (χ3n) is 2.91. The molecule has 0 fully saturated rings. The fraction of sp³-hybridized carbons (Fsp3) is 0.250.